The number of rotatable bonds is 3. The van der Waals surface area contributed by atoms with E-state index in [9.17, 15) is 4.39 Å². The van der Waals surface area contributed by atoms with Gasteiger partial charge in [0.1, 0.15) is 0 Å². The van der Waals surface area contributed by atoms with E-state index in [1.807, 2.05) is 27.0 Å². The monoisotopic (exact) mass is 406 g/mol. The van der Waals surface area contributed by atoms with Crippen molar-refractivity contribution in [2.45, 2.75) is 39.5 Å². The van der Waals surface area contributed by atoms with Crippen molar-refractivity contribution in [1.82, 2.24) is 24.9 Å². The average Bonchev–Trinajstić information content (AvgIpc) is 3.16. The van der Waals surface area contributed by atoms with E-state index in [1.54, 1.807) is 16.8 Å². The molecule has 1 aromatic carbocycles. The molecule has 4 aromatic rings. The van der Waals surface area contributed by atoms with Crippen molar-refractivity contribution < 1.29 is 4.39 Å². The Balaban J connectivity index is 0.00000106. The van der Waals surface area contributed by atoms with Gasteiger partial charge in [0.15, 0.2) is 11.5 Å². The lowest BCUT2D eigenvalue weighted by Crippen LogP contribution is -2.26. The van der Waals surface area contributed by atoms with Crippen molar-refractivity contribution in [2.24, 2.45) is 0 Å². The Morgan fingerprint density at radius 2 is 1.93 bits per heavy atom. The molecule has 1 aliphatic rings. The van der Waals surface area contributed by atoms with Crippen molar-refractivity contribution >= 4 is 27.9 Å². The van der Waals surface area contributed by atoms with Gasteiger partial charge in [-0.25, -0.2) is 9.37 Å². The van der Waals surface area contributed by atoms with E-state index < -0.39 is 0 Å². The molecule has 0 atom stereocenters. The van der Waals surface area contributed by atoms with Gasteiger partial charge < -0.3 is 15.0 Å². The van der Waals surface area contributed by atoms with Crippen LogP contribution in [0, 0.1) is 12.7 Å². The van der Waals surface area contributed by atoms with Crippen molar-refractivity contribution in [3.05, 3.63) is 59.9 Å². The first-order valence-electron chi connectivity index (χ1n) is 10.6. The van der Waals surface area contributed by atoms with Crippen molar-refractivity contribution in [1.29, 1.82) is 0 Å². The minimum Gasteiger partial charge on any atom is -0.352 e. The number of hydrogen-bond acceptors (Lipinski definition) is 5. The fourth-order valence-electron chi connectivity index (χ4n) is 3.99. The molecule has 6 nitrogen and oxygen atoms in total. The van der Waals surface area contributed by atoms with Crippen LogP contribution in [0.15, 0.2) is 42.9 Å². The zero-order chi connectivity index (χ0) is 21.1. The smallest absolute Gasteiger partial charge is 0.173 e. The van der Waals surface area contributed by atoms with Gasteiger partial charge in [-0.05, 0) is 50.4 Å². The van der Waals surface area contributed by atoms with Gasteiger partial charge in [-0.15, -0.1) is 0 Å². The summed E-state index contributed by atoms with van der Waals surface area (Å²) in [5, 5.41) is 16.1. The maximum absolute atomic E-state index is 14.4. The van der Waals surface area contributed by atoms with E-state index in [0.717, 1.165) is 48.2 Å². The van der Waals surface area contributed by atoms with E-state index in [-0.39, 0.29) is 5.82 Å². The molecule has 4 heterocycles. The Kier molecular flexibility index (Phi) is 5.90. The van der Waals surface area contributed by atoms with Crippen LogP contribution < -0.4 is 10.6 Å². The van der Waals surface area contributed by atoms with Gasteiger partial charge in [-0.2, -0.15) is 10.2 Å². The molecule has 7 heteroatoms. The third kappa shape index (κ3) is 3.98. The number of imidazole rings is 1. The summed E-state index contributed by atoms with van der Waals surface area (Å²) in [4.78, 5) is 4.20. The van der Waals surface area contributed by atoms with Crippen LogP contribution in [0.25, 0.3) is 16.6 Å². The van der Waals surface area contributed by atoms with E-state index in [0.29, 0.717) is 17.3 Å². The molecule has 5 rings (SSSR count). The summed E-state index contributed by atoms with van der Waals surface area (Å²) in [5.74, 6) is 0.197. The number of benzene rings is 1. The quantitative estimate of drug-likeness (QED) is 0.503. The number of fused-ring (bicyclic) bond motifs is 2. The number of piperidine rings is 1. The SMILES string of the molecule is CC.Cc1cn2cc(Nc3cnnc4cc(C5CCNCC5)ccc34)cc(F)c2n1. The van der Waals surface area contributed by atoms with Crippen LogP contribution in [0.5, 0.6) is 0 Å². The normalized spacial score (nSPS) is 14.5. The Bertz CT molecular complexity index is 1160. The van der Waals surface area contributed by atoms with Crippen LogP contribution in [-0.2, 0) is 0 Å². The largest absolute Gasteiger partial charge is 0.352 e. The summed E-state index contributed by atoms with van der Waals surface area (Å²) < 4.78 is 16.1. The maximum Gasteiger partial charge on any atom is 0.173 e. The highest BCUT2D eigenvalue weighted by atomic mass is 19.1. The standard InChI is InChI=1S/C21H21FN6.C2H6/c1-13-11-28-12-16(9-18(22)21(28)25-13)26-20-10-24-27-19-8-15(2-3-17(19)20)14-4-6-23-7-5-14;1-2/h2-3,8-12,14,23H,4-7H2,1H3,(H,26,27);1-2H3. The molecule has 1 saturated heterocycles. The third-order valence-corrected chi connectivity index (χ3v) is 5.38. The van der Waals surface area contributed by atoms with Crippen LogP contribution in [0.2, 0.25) is 0 Å². The lowest BCUT2D eigenvalue weighted by molar-refractivity contribution is 0.460. The molecular weight excluding hydrogens is 379 g/mol. The Morgan fingerprint density at radius 3 is 2.73 bits per heavy atom. The van der Waals surface area contributed by atoms with Crippen LogP contribution in [0.1, 0.15) is 43.9 Å². The summed E-state index contributed by atoms with van der Waals surface area (Å²) in [7, 11) is 0. The van der Waals surface area contributed by atoms with Crippen molar-refractivity contribution in [3.8, 4) is 0 Å². The Hall–Kier alpha value is -3.06. The first-order valence-corrected chi connectivity index (χ1v) is 10.6. The highest BCUT2D eigenvalue weighted by Crippen LogP contribution is 2.30. The van der Waals surface area contributed by atoms with Crippen LogP contribution >= 0.6 is 0 Å². The molecule has 0 bridgehead atoms. The molecule has 1 fully saturated rings. The first kappa shape index (κ1) is 20.2. The molecule has 0 unspecified atom stereocenters. The minimum absolute atomic E-state index is 0.326. The molecule has 2 N–H and O–H groups in total. The molecule has 0 spiro atoms. The lowest BCUT2D eigenvalue weighted by atomic mass is 9.89. The number of nitrogens with one attached hydrogen (secondary N) is 2. The number of pyridine rings is 1. The first-order chi connectivity index (χ1) is 14.7. The molecule has 0 radical (unpaired) electrons. The van der Waals surface area contributed by atoms with Gasteiger partial charge in [0, 0.05) is 23.8 Å². The lowest BCUT2D eigenvalue weighted by Gasteiger charge is -2.23. The fourth-order valence-corrected chi connectivity index (χ4v) is 3.99. The van der Waals surface area contributed by atoms with Gasteiger partial charge in [0.2, 0.25) is 0 Å². The van der Waals surface area contributed by atoms with E-state index >= 15 is 0 Å². The van der Waals surface area contributed by atoms with E-state index in [2.05, 4.69) is 44.0 Å². The number of nitrogens with zero attached hydrogens (tertiary/aromatic N) is 4. The van der Waals surface area contributed by atoms with Crippen molar-refractivity contribution in [3.63, 3.8) is 0 Å². The molecule has 0 aliphatic carbocycles. The minimum atomic E-state index is -0.363. The van der Waals surface area contributed by atoms with Crippen LogP contribution in [0.4, 0.5) is 15.8 Å². The molecule has 0 amide bonds. The number of aryl methyl sites for hydroxylation is 1. The summed E-state index contributed by atoms with van der Waals surface area (Å²) in [6.45, 7) is 7.95. The molecule has 156 valence electrons. The summed E-state index contributed by atoms with van der Waals surface area (Å²) in [5.41, 5.74) is 4.70. The summed E-state index contributed by atoms with van der Waals surface area (Å²) in [6.07, 6.45) is 7.58. The number of halogens is 1. The number of anilines is 2. The van der Waals surface area contributed by atoms with Crippen LogP contribution in [-0.4, -0.2) is 32.7 Å². The summed E-state index contributed by atoms with van der Waals surface area (Å²) in [6, 6.07) is 7.85. The zero-order valence-corrected chi connectivity index (χ0v) is 17.6. The predicted octanol–water partition coefficient (Wildman–Crippen LogP) is 4.96. The topological polar surface area (TPSA) is 67.1 Å². The maximum atomic E-state index is 14.4. The van der Waals surface area contributed by atoms with E-state index in [4.69, 9.17) is 0 Å². The van der Waals surface area contributed by atoms with Gasteiger partial charge in [-0.1, -0.05) is 26.0 Å². The Labute approximate surface area is 175 Å². The van der Waals surface area contributed by atoms with Gasteiger partial charge in [0.05, 0.1) is 28.8 Å². The fraction of sp³-hybridized carbons (Fsp3) is 0.348. The molecule has 30 heavy (non-hydrogen) atoms. The number of hydrogen-bond donors (Lipinski definition) is 2. The highest BCUT2D eigenvalue weighted by molar-refractivity contribution is 5.92. The molecule has 1 aliphatic heterocycles. The highest BCUT2D eigenvalue weighted by Gasteiger charge is 2.16. The average molecular weight is 407 g/mol. The van der Waals surface area contributed by atoms with Crippen molar-refractivity contribution in [2.75, 3.05) is 18.4 Å². The molecular formula is C23H27FN6. The molecule has 0 saturated carbocycles. The van der Waals surface area contributed by atoms with Gasteiger partial charge in [-0.3, -0.25) is 0 Å². The van der Waals surface area contributed by atoms with Gasteiger partial charge >= 0.3 is 0 Å². The van der Waals surface area contributed by atoms with E-state index in [1.165, 1.54) is 11.6 Å². The summed E-state index contributed by atoms with van der Waals surface area (Å²) >= 11 is 0. The second kappa shape index (κ2) is 8.75. The zero-order valence-electron chi connectivity index (χ0n) is 17.6. The number of aromatic nitrogens is 4. The second-order valence-electron chi connectivity index (χ2n) is 7.37. The third-order valence-electron chi connectivity index (χ3n) is 5.38. The van der Waals surface area contributed by atoms with Crippen LogP contribution in [0.3, 0.4) is 0 Å². The Morgan fingerprint density at radius 1 is 1.13 bits per heavy atom. The molecule has 3 aromatic heterocycles. The predicted molar refractivity (Wildman–Crippen MR) is 119 cm³/mol. The van der Waals surface area contributed by atoms with Gasteiger partial charge in [0.25, 0.3) is 0 Å². The second-order valence-corrected chi connectivity index (χ2v) is 7.37.